The summed E-state index contributed by atoms with van der Waals surface area (Å²) in [5, 5.41) is 26.5. The van der Waals surface area contributed by atoms with Crippen LogP contribution in [-0.4, -0.2) is 47.4 Å². The van der Waals surface area contributed by atoms with Crippen LogP contribution in [0.5, 0.6) is 11.5 Å². The fourth-order valence-corrected chi connectivity index (χ4v) is 2.22. The summed E-state index contributed by atoms with van der Waals surface area (Å²) in [6.07, 6.45) is 4.02. The first-order valence-corrected chi connectivity index (χ1v) is 8.24. The molecule has 1 atom stereocenters. The molecule has 5 nitrogen and oxygen atoms in total. The van der Waals surface area contributed by atoms with Crippen molar-refractivity contribution in [3.05, 3.63) is 71.8 Å². The Morgan fingerprint density at radius 3 is 1.93 bits per heavy atom. The van der Waals surface area contributed by atoms with Gasteiger partial charge in [0.05, 0.1) is 12.6 Å². The summed E-state index contributed by atoms with van der Waals surface area (Å²) in [4.78, 5) is 8.91. The normalized spacial score (nSPS) is 11.5. The number of benzene rings is 2. The van der Waals surface area contributed by atoms with Crippen LogP contribution < -0.4 is 0 Å². The van der Waals surface area contributed by atoms with Crippen molar-refractivity contribution in [2.24, 2.45) is 9.98 Å². The molecule has 2 rings (SSSR count). The zero-order valence-corrected chi connectivity index (χ0v) is 16.6. The number of aliphatic hydroxyl groups excluding tert-OH is 1. The molecule has 27 heavy (non-hydrogen) atoms. The Bertz CT molecular complexity index is 761. The van der Waals surface area contributed by atoms with Crippen molar-refractivity contribution < 1.29 is 32.1 Å². The monoisotopic (exact) mass is 413 g/mol. The van der Waals surface area contributed by atoms with Crippen molar-refractivity contribution in [3.8, 4) is 11.5 Å². The van der Waals surface area contributed by atoms with E-state index in [9.17, 15) is 10.2 Å². The maximum atomic E-state index is 9.79. The van der Waals surface area contributed by atoms with Crippen LogP contribution in [0.15, 0.2) is 70.7 Å². The molecule has 0 heterocycles. The molecule has 2 aromatic carbocycles. The third-order valence-electron chi connectivity index (χ3n) is 3.43. The summed E-state index contributed by atoms with van der Waals surface area (Å²) < 4.78 is 0. The molecule has 0 aliphatic rings. The predicted octanol–water partition coefficient (Wildman–Crippen LogP) is 3.58. The van der Waals surface area contributed by atoms with Gasteiger partial charge >= 0.3 is 0 Å². The number of rotatable bonds is 7. The Kier molecular flexibility index (Phi) is 12.5. The number of aliphatic hydroxyl groups is 1. The molecular formula is C21H26CoN2O3. The van der Waals surface area contributed by atoms with Crippen molar-refractivity contribution in [3.63, 3.8) is 0 Å². The summed E-state index contributed by atoms with van der Waals surface area (Å²) in [6, 6.07) is 14.0. The molecule has 0 saturated heterocycles. The number of phenols is 2. The Morgan fingerprint density at radius 1 is 0.963 bits per heavy atom. The van der Waals surface area contributed by atoms with E-state index in [0.717, 1.165) is 12.7 Å². The summed E-state index contributed by atoms with van der Waals surface area (Å²) >= 11 is 0. The predicted molar refractivity (Wildman–Crippen MR) is 108 cm³/mol. The van der Waals surface area contributed by atoms with Crippen LogP contribution >= 0.6 is 0 Å². The molecule has 2 aromatic rings. The average molecular weight is 413 g/mol. The van der Waals surface area contributed by atoms with E-state index in [0.29, 0.717) is 24.1 Å². The summed E-state index contributed by atoms with van der Waals surface area (Å²) in [6.45, 7) is 6.36. The molecule has 1 unspecified atom stereocenters. The van der Waals surface area contributed by atoms with E-state index in [-0.39, 0.29) is 34.3 Å². The van der Waals surface area contributed by atoms with E-state index >= 15 is 0 Å². The largest absolute Gasteiger partial charge is 0.507 e. The summed E-state index contributed by atoms with van der Waals surface area (Å²) in [7, 11) is 1.00. The molecule has 0 aromatic heterocycles. The number of aliphatic imine (C=N–C) groups is 2. The third-order valence-corrected chi connectivity index (χ3v) is 3.43. The second-order valence-corrected chi connectivity index (χ2v) is 5.71. The molecule has 0 saturated carbocycles. The van der Waals surface area contributed by atoms with Gasteiger partial charge in [-0.25, -0.2) is 0 Å². The molecule has 0 amide bonds. The van der Waals surface area contributed by atoms with Gasteiger partial charge in [0.1, 0.15) is 11.5 Å². The number of aromatic hydroxyl groups is 2. The molecule has 0 spiro atoms. The van der Waals surface area contributed by atoms with E-state index in [4.69, 9.17) is 5.11 Å². The van der Waals surface area contributed by atoms with Gasteiger partial charge in [-0.05, 0) is 37.6 Å². The van der Waals surface area contributed by atoms with E-state index in [2.05, 4.69) is 16.6 Å². The van der Waals surface area contributed by atoms with E-state index in [1.54, 1.807) is 42.8 Å². The molecule has 1 radical (unpaired) electrons. The van der Waals surface area contributed by atoms with Gasteiger partial charge < -0.3 is 15.3 Å². The standard InChI is InChI=1S/C20H22N2O2.CH4O.Co/c1-15(2)11-18(22-13-17-8-4-6-10-20(17)24)14-21-12-16-7-3-5-9-19(16)23;1-2;/h3-10,12-13,18,23-24H,1,11,14H2,2H3;2H,1H3;. The van der Waals surface area contributed by atoms with Crippen LogP contribution in [0.2, 0.25) is 0 Å². The molecule has 147 valence electrons. The zero-order chi connectivity index (χ0) is 19.4. The van der Waals surface area contributed by atoms with Crippen LogP contribution in [-0.2, 0) is 16.8 Å². The van der Waals surface area contributed by atoms with Gasteiger partial charge in [-0.3, -0.25) is 9.98 Å². The van der Waals surface area contributed by atoms with Gasteiger partial charge in [0, 0.05) is 47.4 Å². The molecule has 6 heteroatoms. The maximum absolute atomic E-state index is 9.79. The smallest absolute Gasteiger partial charge is 0.124 e. The number of hydrogen-bond donors (Lipinski definition) is 3. The molecule has 3 N–H and O–H groups in total. The van der Waals surface area contributed by atoms with E-state index < -0.39 is 0 Å². The first-order chi connectivity index (χ1) is 12.6. The summed E-state index contributed by atoms with van der Waals surface area (Å²) in [5.74, 6) is 0.406. The Morgan fingerprint density at radius 2 is 1.44 bits per heavy atom. The van der Waals surface area contributed by atoms with Gasteiger partial charge in [-0.1, -0.05) is 29.8 Å². The number of para-hydroxylation sites is 2. The van der Waals surface area contributed by atoms with Crippen molar-refractivity contribution in [2.45, 2.75) is 19.4 Å². The first kappa shape index (κ1) is 24.6. The van der Waals surface area contributed by atoms with Crippen molar-refractivity contribution in [1.82, 2.24) is 0 Å². The van der Waals surface area contributed by atoms with Crippen LogP contribution in [0.4, 0.5) is 0 Å². The van der Waals surface area contributed by atoms with Gasteiger partial charge in [-0.15, -0.1) is 6.58 Å². The summed E-state index contributed by atoms with van der Waals surface area (Å²) in [5.41, 5.74) is 2.37. The van der Waals surface area contributed by atoms with Gasteiger partial charge in [0.25, 0.3) is 0 Å². The zero-order valence-electron chi connectivity index (χ0n) is 15.5. The third kappa shape index (κ3) is 9.19. The van der Waals surface area contributed by atoms with Gasteiger partial charge in [0.15, 0.2) is 0 Å². The minimum atomic E-state index is -0.0655. The molecular weight excluding hydrogens is 387 g/mol. The minimum absolute atomic E-state index is 0. The van der Waals surface area contributed by atoms with Crippen LogP contribution in [0.1, 0.15) is 24.5 Å². The van der Waals surface area contributed by atoms with Gasteiger partial charge in [-0.2, -0.15) is 0 Å². The van der Waals surface area contributed by atoms with Crippen LogP contribution in [0.3, 0.4) is 0 Å². The Hall–Kier alpha value is -2.41. The Labute approximate surface area is 171 Å². The number of hydrogen-bond acceptors (Lipinski definition) is 5. The SMILES string of the molecule is C=C(C)CC(CN=Cc1ccccc1O)N=Cc1ccccc1O.CO.[Co]. The Balaban J connectivity index is 0.00000218. The van der Waals surface area contributed by atoms with E-state index in [1.807, 2.05) is 25.1 Å². The van der Waals surface area contributed by atoms with E-state index in [1.165, 1.54) is 0 Å². The van der Waals surface area contributed by atoms with Crippen LogP contribution in [0.25, 0.3) is 0 Å². The average Bonchev–Trinajstić information content (AvgIpc) is 2.63. The van der Waals surface area contributed by atoms with Crippen molar-refractivity contribution in [2.75, 3.05) is 13.7 Å². The molecule has 0 bridgehead atoms. The fourth-order valence-electron chi connectivity index (χ4n) is 2.22. The quantitative estimate of drug-likeness (QED) is 0.479. The van der Waals surface area contributed by atoms with Crippen molar-refractivity contribution >= 4 is 12.4 Å². The number of nitrogens with zero attached hydrogens (tertiary/aromatic N) is 2. The van der Waals surface area contributed by atoms with Crippen molar-refractivity contribution in [1.29, 1.82) is 0 Å². The van der Waals surface area contributed by atoms with Gasteiger partial charge in [0.2, 0.25) is 0 Å². The second-order valence-electron chi connectivity index (χ2n) is 5.71. The van der Waals surface area contributed by atoms with Crippen LogP contribution in [0, 0.1) is 0 Å². The molecule has 0 aliphatic heterocycles. The first-order valence-electron chi connectivity index (χ1n) is 8.24. The fraction of sp³-hybridized carbons (Fsp3) is 0.238. The molecule has 0 aliphatic carbocycles. The minimum Gasteiger partial charge on any atom is -0.507 e. The number of phenolic OH excluding ortho intramolecular Hbond substituents is 2. The molecule has 0 fully saturated rings. The maximum Gasteiger partial charge on any atom is 0.124 e. The second kappa shape index (κ2) is 13.7. The topological polar surface area (TPSA) is 85.4 Å².